The standard InChI is InChI=1S/C13H17N3O3/c1-3-19-13(17)8-7-12(15-16-14)10-5-4-6-11(9-10)18-2/h4-6,9,12H,3,7-8H2,1-2H3. The number of methoxy groups -OCH3 is 1. The predicted octanol–water partition coefficient (Wildman–Crippen LogP) is 3.39. The predicted molar refractivity (Wildman–Crippen MR) is 70.7 cm³/mol. The van der Waals surface area contributed by atoms with Gasteiger partial charge in [-0.05, 0) is 36.6 Å². The van der Waals surface area contributed by atoms with Crippen LogP contribution in [-0.2, 0) is 9.53 Å². The van der Waals surface area contributed by atoms with Crippen LogP contribution in [0.15, 0.2) is 29.4 Å². The Bertz CT molecular complexity index is 470. The quantitative estimate of drug-likeness (QED) is 0.327. The molecule has 0 saturated carbocycles. The van der Waals surface area contributed by atoms with E-state index in [0.29, 0.717) is 18.8 Å². The topological polar surface area (TPSA) is 84.3 Å². The summed E-state index contributed by atoms with van der Waals surface area (Å²) in [6.07, 6.45) is 0.630. The second kappa shape index (κ2) is 8.00. The number of carbonyl (C=O) groups is 1. The van der Waals surface area contributed by atoms with Gasteiger partial charge in [0.15, 0.2) is 0 Å². The SMILES string of the molecule is CCOC(=O)CCC(N=[N+]=[N-])c1cccc(OC)c1. The van der Waals surface area contributed by atoms with E-state index in [-0.39, 0.29) is 12.4 Å². The van der Waals surface area contributed by atoms with Crippen LogP contribution in [0, 0.1) is 0 Å². The smallest absolute Gasteiger partial charge is 0.305 e. The zero-order valence-electron chi connectivity index (χ0n) is 11.1. The van der Waals surface area contributed by atoms with E-state index >= 15 is 0 Å². The maximum absolute atomic E-state index is 11.3. The van der Waals surface area contributed by atoms with Gasteiger partial charge in [0.25, 0.3) is 0 Å². The number of ether oxygens (including phenoxy) is 2. The summed E-state index contributed by atoms with van der Waals surface area (Å²) in [5.41, 5.74) is 9.42. The molecule has 1 atom stereocenters. The molecule has 6 nitrogen and oxygen atoms in total. The van der Waals surface area contributed by atoms with Crippen LogP contribution in [0.1, 0.15) is 31.4 Å². The molecule has 0 aliphatic heterocycles. The average molecular weight is 263 g/mol. The highest BCUT2D eigenvalue weighted by atomic mass is 16.5. The Morgan fingerprint density at radius 1 is 1.53 bits per heavy atom. The molecule has 0 radical (unpaired) electrons. The van der Waals surface area contributed by atoms with Crippen LogP contribution in [0.4, 0.5) is 0 Å². The van der Waals surface area contributed by atoms with Crippen LogP contribution in [0.5, 0.6) is 5.75 Å². The minimum Gasteiger partial charge on any atom is -0.497 e. The van der Waals surface area contributed by atoms with E-state index in [1.807, 2.05) is 18.2 Å². The average Bonchev–Trinajstić information content (AvgIpc) is 2.44. The number of hydrogen-bond acceptors (Lipinski definition) is 4. The van der Waals surface area contributed by atoms with Crippen molar-refractivity contribution in [3.05, 3.63) is 40.3 Å². The fourth-order valence-electron chi connectivity index (χ4n) is 1.69. The van der Waals surface area contributed by atoms with Gasteiger partial charge in [-0.3, -0.25) is 4.79 Å². The zero-order valence-corrected chi connectivity index (χ0v) is 11.1. The van der Waals surface area contributed by atoms with Crippen LogP contribution in [0.2, 0.25) is 0 Å². The van der Waals surface area contributed by atoms with Crippen LogP contribution in [0.3, 0.4) is 0 Å². The monoisotopic (exact) mass is 263 g/mol. The molecule has 0 aromatic heterocycles. The van der Waals surface area contributed by atoms with Crippen molar-refractivity contribution in [1.29, 1.82) is 0 Å². The van der Waals surface area contributed by atoms with Crippen LogP contribution >= 0.6 is 0 Å². The van der Waals surface area contributed by atoms with Gasteiger partial charge in [-0.2, -0.15) is 0 Å². The van der Waals surface area contributed by atoms with E-state index in [2.05, 4.69) is 10.0 Å². The molecule has 0 N–H and O–H groups in total. The number of benzene rings is 1. The summed E-state index contributed by atoms with van der Waals surface area (Å²) < 4.78 is 9.97. The molecule has 0 spiro atoms. The highest BCUT2D eigenvalue weighted by Gasteiger charge is 2.13. The minimum atomic E-state index is -0.399. The van der Waals surface area contributed by atoms with E-state index in [1.54, 1.807) is 20.1 Å². The maximum Gasteiger partial charge on any atom is 0.305 e. The molecule has 1 rings (SSSR count). The zero-order chi connectivity index (χ0) is 14.1. The molecule has 19 heavy (non-hydrogen) atoms. The highest BCUT2D eigenvalue weighted by Crippen LogP contribution is 2.26. The van der Waals surface area contributed by atoms with Crippen molar-refractivity contribution in [3.8, 4) is 5.75 Å². The van der Waals surface area contributed by atoms with Crippen molar-refractivity contribution < 1.29 is 14.3 Å². The molecule has 0 aliphatic carbocycles. The third-order valence-corrected chi connectivity index (χ3v) is 2.60. The summed E-state index contributed by atoms with van der Waals surface area (Å²) in [5, 5.41) is 3.72. The molecule has 6 heteroatoms. The number of azide groups is 1. The van der Waals surface area contributed by atoms with E-state index in [0.717, 1.165) is 5.56 Å². The summed E-state index contributed by atoms with van der Waals surface area (Å²) >= 11 is 0. The summed E-state index contributed by atoms with van der Waals surface area (Å²) in [6.45, 7) is 2.11. The first-order valence-corrected chi connectivity index (χ1v) is 6.05. The second-order valence-corrected chi connectivity index (χ2v) is 3.84. The molecule has 0 heterocycles. The van der Waals surface area contributed by atoms with Gasteiger partial charge < -0.3 is 9.47 Å². The molecule has 1 aromatic carbocycles. The van der Waals surface area contributed by atoms with E-state index in [4.69, 9.17) is 15.0 Å². The van der Waals surface area contributed by atoms with E-state index < -0.39 is 6.04 Å². The Hall–Kier alpha value is -2.20. The van der Waals surface area contributed by atoms with Gasteiger partial charge in [0.2, 0.25) is 0 Å². The lowest BCUT2D eigenvalue weighted by molar-refractivity contribution is -0.143. The molecule has 0 bridgehead atoms. The first-order valence-electron chi connectivity index (χ1n) is 6.05. The Balaban J connectivity index is 2.76. The van der Waals surface area contributed by atoms with Crippen LogP contribution in [-0.4, -0.2) is 19.7 Å². The van der Waals surface area contributed by atoms with Crippen molar-refractivity contribution >= 4 is 5.97 Å². The molecule has 0 amide bonds. The van der Waals surface area contributed by atoms with Gasteiger partial charge >= 0.3 is 5.97 Å². The van der Waals surface area contributed by atoms with Crippen LogP contribution < -0.4 is 4.74 Å². The van der Waals surface area contributed by atoms with Gasteiger partial charge in [-0.1, -0.05) is 17.2 Å². The van der Waals surface area contributed by atoms with E-state index in [1.165, 1.54) is 0 Å². The Morgan fingerprint density at radius 3 is 2.95 bits per heavy atom. The summed E-state index contributed by atoms with van der Waals surface area (Å²) in [4.78, 5) is 14.1. The van der Waals surface area contributed by atoms with Gasteiger partial charge in [0.05, 0.1) is 19.8 Å². The normalized spacial score (nSPS) is 11.3. The van der Waals surface area contributed by atoms with Gasteiger partial charge in [0.1, 0.15) is 5.75 Å². The van der Waals surface area contributed by atoms with Crippen molar-refractivity contribution in [2.24, 2.45) is 5.11 Å². The Kier molecular flexibility index (Phi) is 6.26. The lowest BCUT2D eigenvalue weighted by Gasteiger charge is -2.12. The molecule has 102 valence electrons. The molecule has 0 aliphatic rings. The lowest BCUT2D eigenvalue weighted by Crippen LogP contribution is -2.06. The first-order chi connectivity index (χ1) is 9.21. The fourth-order valence-corrected chi connectivity index (χ4v) is 1.69. The maximum atomic E-state index is 11.3. The van der Waals surface area contributed by atoms with Gasteiger partial charge in [-0.15, -0.1) is 0 Å². The highest BCUT2D eigenvalue weighted by molar-refractivity contribution is 5.69. The number of nitrogens with zero attached hydrogens (tertiary/aromatic N) is 3. The number of rotatable bonds is 7. The third-order valence-electron chi connectivity index (χ3n) is 2.60. The molecule has 1 aromatic rings. The van der Waals surface area contributed by atoms with Gasteiger partial charge in [-0.25, -0.2) is 0 Å². The van der Waals surface area contributed by atoms with Crippen molar-refractivity contribution in [2.75, 3.05) is 13.7 Å². The van der Waals surface area contributed by atoms with Gasteiger partial charge in [0, 0.05) is 11.3 Å². The summed E-state index contributed by atoms with van der Waals surface area (Å²) in [6, 6.07) is 6.86. The van der Waals surface area contributed by atoms with Crippen molar-refractivity contribution in [2.45, 2.75) is 25.8 Å². The molecule has 0 saturated heterocycles. The third kappa shape index (κ3) is 4.89. The number of hydrogen-bond donors (Lipinski definition) is 0. The van der Waals surface area contributed by atoms with E-state index in [9.17, 15) is 4.79 Å². The number of carbonyl (C=O) groups excluding carboxylic acids is 1. The summed E-state index contributed by atoms with van der Waals surface area (Å²) in [5.74, 6) is 0.398. The van der Waals surface area contributed by atoms with Crippen molar-refractivity contribution in [3.63, 3.8) is 0 Å². The Morgan fingerprint density at radius 2 is 2.32 bits per heavy atom. The van der Waals surface area contributed by atoms with Crippen molar-refractivity contribution in [1.82, 2.24) is 0 Å². The minimum absolute atomic E-state index is 0.217. The first kappa shape index (κ1) is 14.9. The Labute approximate surface area is 112 Å². The molecular formula is C13H17N3O3. The number of esters is 1. The summed E-state index contributed by atoms with van der Waals surface area (Å²) in [7, 11) is 1.57. The lowest BCUT2D eigenvalue weighted by atomic mass is 10.0. The molecule has 1 unspecified atom stereocenters. The van der Waals surface area contributed by atoms with Crippen LogP contribution in [0.25, 0.3) is 10.4 Å². The largest absolute Gasteiger partial charge is 0.497 e. The molecular weight excluding hydrogens is 246 g/mol. The molecule has 0 fully saturated rings. The fraction of sp³-hybridized carbons (Fsp3) is 0.462. The second-order valence-electron chi connectivity index (χ2n) is 3.84.